The van der Waals surface area contributed by atoms with Crippen LogP contribution in [0.1, 0.15) is 32.7 Å². The lowest BCUT2D eigenvalue weighted by atomic mass is 9.96. The summed E-state index contributed by atoms with van der Waals surface area (Å²) < 4.78 is 41.6. The molecule has 2 aliphatic heterocycles. The van der Waals surface area contributed by atoms with Crippen molar-refractivity contribution in [2.75, 3.05) is 19.6 Å². The van der Waals surface area contributed by atoms with Gasteiger partial charge in [-0.2, -0.15) is 13.2 Å². The van der Waals surface area contributed by atoms with Crippen LogP contribution in [0, 0.1) is 0 Å². The van der Waals surface area contributed by atoms with E-state index in [0.29, 0.717) is 23.1 Å². The Morgan fingerprint density at radius 1 is 0.838 bits per heavy atom. The van der Waals surface area contributed by atoms with Crippen molar-refractivity contribution < 1.29 is 27.6 Å². The van der Waals surface area contributed by atoms with E-state index >= 15 is 0 Å². The molecule has 37 heavy (non-hydrogen) atoms. The second kappa shape index (κ2) is 9.82. The maximum Gasteiger partial charge on any atom is 0.417 e. The minimum atomic E-state index is -4.69. The zero-order chi connectivity index (χ0) is 26.2. The van der Waals surface area contributed by atoms with Crippen molar-refractivity contribution in [2.45, 2.75) is 24.7 Å². The van der Waals surface area contributed by atoms with E-state index in [9.17, 15) is 27.6 Å². The topological polar surface area (TPSA) is 69.7 Å². The molecule has 0 aromatic heterocycles. The molecule has 0 spiro atoms. The Kier molecular flexibility index (Phi) is 6.55. The number of amides is 3. The first kappa shape index (κ1) is 24.7. The molecule has 2 fully saturated rings. The van der Waals surface area contributed by atoms with Gasteiger partial charge in [-0.1, -0.05) is 54.6 Å². The highest BCUT2D eigenvalue weighted by Gasteiger charge is 2.42. The number of hydrogen-bond acceptors (Lipinski definition) is 4. The molecule has 1 atom stereocenters. The first-order chi connectivity index (χ1) is 17.7. The minimum absolute atomic E-state index is 0.174. The third-order valence-corrected chi connectivity index (χ3v) is 6.74. The average molecular weight is 508 g/mol. The van der Waals surface area contributed by atoms with E-state index in [2.05, 4.69) is 5.32 Å². The molecule has 2 heterocycles. The zero-order valence-corrected chi connectivity index (χ0v) is 19.7. The summed E-state index contributed by atoms with van der Waals surface area (Å²) in [5.74, 6) is -1.41. The Bertz CT molecular complexity index is 1320. The van der Waals surface area contributed by atoms with Gasteiger partial charge in [-0.15, -0.1) is 0 Å². The van der Waals surface area contributed by atoms with Gasteiger partial charge in [-0.05, 0) is 41.8 Å². The lowest BCUT2D eigenvalue weighted by Crippen LogP contribution is -2.62. The second-order valence-corrected chi connectivity index (χ2v) is 9.20. The standard InChI is InChI=1S/C28H24F3N3O3/c29-28(30,31)23-15-20(18-7-3-1-4-8-18)11-12-22(23)26(36)33-16-21(17-33)32-24-13-14-34(27(24)37)25(35)19-9-5-2-6-10-19/h1-12,15,21,24,32H,13-14,16-17H2. The van der Waals surface area contributed by atoms with Gasteiger partial charge in [-0.3, -0.25) is 24.6 Å². The maximum atomic E-state index is 13.9. The third kappa shape index (κ3) is 4.99. The molecular weight excluding hydrogens is 483 g/mol. The first-order valence-electron chi connectivity index (χ1n) is 11.9. The molecular formula is C28H24F3N3O3. The van der Waals surface area contributed by atoms with Crippen molar-refractivity contribution in [1.82, 2.24) is 15.1 Å². The lowest BCUT2D eigenvalue weighted by molar-refractivity contribution is -0.138. The van der Waals surface area contributed by atoms with Crippen LogP contribution in [0.5, 0.6) is 0 Å². The number of nitrogens with zero attached hydrogens (tertiary/aromatic N) is 2. The van der Waals surface area contributed by atoms with Crippen LogP contribution in [0.4, 0.5) is 13.2 Å². The Morgan fingerprint density at radius 2 is 1.49 bits per heavy atom. The third-order valence-electron chi connectivity index (χ3n) is 6.74. The number of likely N-dealkylation sites (tertiary alicyclic amines) is 2. The highest BCUT2D eigenvalue weighted by molar-refractivity contribution is 6.07. The summed E-state index contributed by atoms with van der Waals surface area (Å²) in [7, 11) is 0. The van der Waals surface area contributed by atoms with E-state index in [4.69, 9.17) is 0 Å². The molecule has 9 heteroatoms. The summed E-state index contributed by atoms with van der Waals surface area (Å²) in [6.07, 6.45) is -4.26. The van der Waals surface area contributed by atoms with Crippen LogP contribution in [0.2, 0.25) is 0 Å². The number of halogens is 3. The van der Waals surface area contributed by atoms with Crippen LogP contribution < -0.4 is 5.32 Å². The summed E-state index contributed by atoms with van der Waals surface area (Å²) in [5, 5.41) is 3.15. The molecule has 0 aliphatic carbocycles. The predicted octanol–water partition coefficient (Wildman–Crippen LogP) is 4.23. The fraction of sp³-hybridized carbons (Fsp3) is 0.250. The molecule has 3 aromatic rings. The van der Waals surface area contributed by atoms with Crippen LogP contribution in [0.15, 0.2) is 78.9 Å². The number of alkyl halides is 3. The van der Waals surface area contributed by atoms with Gasteiger partial charge >= 0.3 is 6.18 Å². The fourth-order valence-corrected chi connectivity index (χ4v) is 4.75. The van der Waals surface area contributed by atoms with E-state index in [0.717, 1.165) is 6.07 Å². The van der Waals surface area contributed by atoms with E-state index in [1.807, 2.05) is 0 Å². The van der Waals surface area contributed by atoms with Gasteiger partial charge in [0, 0.05) is 31.2 Å². The van der Waals surface area contributed by atoms with Crippen LogP contribution in [-0.2, 0) is 11.0 Å². The van der Waals surface area contributed by atoms with E-state index < -0.39 is 29.3 Å². The van der Waals surface area contributed by atoms with Gasteiger partial charge in [0.25, 0.3) is 11.8 Å². The number of benzene rings is 3. The Hall–Kier alpha value is -3.98. The summed E-state index contributed by atoms with van der Waals surface area (Å²) in [6.45, 7) is 0.627. The molecule has 2 aliphatic rings. The molecule has 3 amide bonds. The maximum absolute atomic E-state index is 13.9. The number of carbonyl (C=O) groups is 3. The Labute approximate surface area is 211 Å². The molecule has 6 nitrogen and oxygen atoms in total. The number of nitrogens with one attached hydrogen (secondary N) is 1. The van der Waals surface area contributed by atoms with E-state index in [-0.39, 0.29) is 37.5 Å². The summed E-state index contributed by atoms with van der Waals surface area (Å²) in [5.41, 5.74) is 0.0531. The average Bonchev–Trinajstić information content (AvgIpc) is 3.25. The number of carbonyl (C=O) groups excluding carboxylic acids is 3. The molecule has 0 bridgehead atoms. The van der Waals surface area contributed by atoms with Gasteiger partial charge in [0.05, 0.1) is 17.2 Å². The van der Waals surface area contributed by atoms with Crippen molar-refractivity contribution in [3.05, 3.63) is 95.6 Å². The summed E-state index contributed by atoms with van der Waals surface area (Å²) in [4.78, 5) is 40.9. The largest absolute Gasteiger partial charge is 0.417 e. The van der Waals surface area contributed by atoms with Crippen LogP contribution >= 0.6 is 0 Å². The zero-order valence-electron chi connectivity index (χ0n) is 19.7. The molecule has 3 aromatic carbocycles. The van der Waals surface area contributed by atoms with Crippen molar-refractivity contribution in [3.8, 4) is 11.1 Å². The summed E-state index contributed by atoms with van der Waals surface area (Å²) >= 11 is 0. The van der Waals surface area contributed by atoms with Crippen LogP contribution in [-0.4, -0.2) is 59.2 Å². The van der Waals surface area contributed by atoms with Crippen molar-refractivity contribution in [1.29, 1.82) is 0 Å². The van der Waals surface area contributed by atoms with Crippen LogP contribution in [0.25, 0.3) is 11.1 Å². The SMILES string of the molecule is O=C(c1ccc(-c2ccccc2)cc1C(F)(F)F)N1CC(NC2CCN(C(=O)c3ccccc3)C2=O)C1. The predicted molar refractivity (Wildman–Crippen MR) is 131 cm³/mol. The summed E-state index contributed by atoms with van der Waals surface area (Å²) in [6, 6.07) is 20.1. The molecule has 1 unspecified atom stereocenters. The molecule has 2 saturated heterocycles. The van der Waals surface area contributed by atoms with E-state index in [1.165, 1.54) is 21.9 Å². The highest BCUT2D eigenvalue weighted by atomic mass is 19.4. The normalized spacial score (nSPS) is 18.1. The molecule has 0 saturated carbocycles. The first-order valence-corrected chi connectivity index (χ1v) is 11.9. The van der Waals surface area contributed by atoms with Gasteiger partial charge in [0.1, 0.15) is 0 Å². The Balaban J connectivity index is 1.22. The van der Waals surface area contributed by atoms with Gasteiger partial charge in [0.2, 0.25) is 5.91 Å². The van der Waals surface area contributed by atoms with Gasteiger partial charge in [-0.25, -0.2) is 0 Å². The van der Waals surface area contributed by atoms with E-state index in [1.54, 1.807) is 60.7 Å². The quantitative estimate of drug-likeness (QED) is 0.525. The minimum Gasteiger partial charge on any atom is -0.335 e. The van der Waals surface area contributed by atoms with Crippen molar-refractivity contribution >= 4 is 17.7 Å². The molecule has 1 N–H and O–H groups in total. The van der Waals surface area contributed by atoms with Gasteiger partial charge in [0.15, 0.2) is 0 Å². The fourth-order valence-electron chi connectivity index (χ4n) is 4.75. The number of rotatable bonds is 5. The second-order valence-electron chi connectivity index (χ2n) is 9.20. The molecule has 190 valence electrons. The number of imide groups is 1. The lowest BCUT2D eigenvalue weighted by Gasteiger charge is -2.41. The van der Waals surface area contributed by atoms with Gasteiger partial charge < -0.3 is 4.90 Å². The smallest absolute Gasteiger partial charge is 0.335 e. The van der Waals surface area contributed by atoms with Crippen molar-refractivity contribution in [2.24, 2.45) is 0 Å². The highest BCUT2D eigenvalue weighted by Crippen LogP contribution is 2.36. The molecule has 5 rings (SSSR count). The van der Waals surface area contributed by atoms with Crippen molar-refractivity contribution in [3.63, 3.8) is 0 Å². The monoisotopic (exact) mass is 507 g/mol. The molecule has 0 radical (unpaired) electrons. The number of hydrogen-bond donors (Lipinski definition) is 1. The van der Waals surface area contributed by atoms with Crippen LogP contribution in [0.3, 0.4) is 0 Å². The Morgan fingerprint density at radius 3 is 2.14 bits per heavy atom.